The van der Waals surface area contributed by atoms with Gasteiger partial charge in [0.2, 0.25) is 5.91 Å². The van der Waals surface area contributed by atoms with Crippen LogP contribution in [0.25, 0.3) is 0 Å². The number of anilines is 1. The van der Waals surface area contributed by atoms with Crippen LogP contribution < -0.4 is 11.1 Å². The molecule has 1 amide bonds. The van der Waals surface area contributed by atoms with E-state index in [2.05, 4.69) is 5.32 Å². The monoisotopic (exact) mass is 288 g/mol. The van der Waals surface area contributed by atoms with Gasteiger partial charge in [-0.25, -0.2) is 4.79 Å². The van der Waals surface area contributed by atoms with Crippen molar-refractivity contribution in [2.24, 2.45) is 5.73 Å². The number of nitrogens with one attached hydrogen (secondary N) is 1. The number of hydrogen-bond acceptors (Lipinski definition) is 3. The lowest BCUT2D eigenvalue weighted by Crippen LogP contribution is -2.38. The molecule has 0 saturated heterocycles. The number of carboxylic acids is 1. The summed E-state index contributed by atoms with van der Waals surface area (Å²) in [5.41, 5.74) is 2.63. The average Bonchev–Trinajstić information content (AvgIpc) is 3.07. The number of carbonyl (C=O) groups excluding carboxylic acids is 1. The van der Waals surface area contributed by atoms with Gasteiger partial charge in [-0.05, 0) is 31.0 Å². The molecule has 0 aromatic heterocycles. The van der Waals surface area contributed by atoms with Crippen LogP contribution in [0.1, 0.15) is 28.8 Å². The van der Waals surface area contributed by atoms with Crippen LogP contribution in [0.2, 0.25) is 0 Å². The summed E-state index contributed by atoms with van der Waals surface area (Å²) in [5.74, 6) is -2.12. The molecular weight excluding hydrogens is 277 g/mol. The van der Waals surface area contributed by atoms with E-state index in [9.17, 15) is 22.8 Å². The van der Waals surface area contributed by atoms with Gasteiger partial charge in [-0.1, -0.05) is 0 Å². The highest BCUT2D eigenvalue weighted by Crippen LogP contribution is 2.35. The van der Waals surface area contributed by atoms with E-state index < -0.39 is 40.4 Å². The lowest BCUT2D eigenvalue weighted by molar-refractivity contribution is -0.137. The van der Waals surface area contributed by atoms with Crippen LogP contribution >= 0.6 is 0 Å². The number of hydrogen-bond donors (Lipinski definition) is 3. The number of halogens is 3. The predicted octanol–water partition coefficient (Wildman–Crippen LogP) is 1.83. The van der Waals surface area contributed by atoms with Gasteiger partial charge in [-0.2, -0.15) is 13.2 Å². The van der Waals surface area contributed by atoms with Crippen molar-refractivity contribution in [3.63, 3.8) is 0 Å². The van der Waals surface area contributed by atoms with Crippen LogP contribution in [0.15, 0.2) is 18.2 Å². The Labute approximate surface area is 111 Å². The molecule has 2 rings (SSSR count). The molecule has 0 heterocycles. The largest absolute Gasteiger partial charge is 0.478 e. The summed E-state index contributed by atoms with van der Waals surface area (Å²) in [7, 11) is 0. The highest BCUT2D eigenvalue weighted by atomic mass is 19.4. The van der Waals surface area contributed by atoms with Gasteiger partial charge < -0.3 is 16.2 Å². The van der Waals surface area contributed by atoms with E-state index >= 15 is 0 Å². The van der Waals surface area contributed by atoms with Crippen LogP contribution in [0.3, 0.4) is 0 Å². The lowest BCUT2D eigenvalue weighted by Gasteiger charge is -2.14. The predicted molar refractivity (Wildman–Crippen MR) is 63.2 cm³/mol. The Morgan fingerprint density at radius 2 is 1.90 bits per heavy atom. The van der Waals surface area contributed by atoms with Crippen molar-refractivity contribution < 1.29 is 27.9 Å². The van der Waals surface area contributed by atoms with Crippen molar-refractivity contribution in [1.29, 1.82) is 0 Å². The number of carbonyl (C=O) groups is 2. The van der Waals surface area contributed by atoms with E-state index in [4.69, 9.17) is 10.8 Å². The fourth-order valence-corrected chi connectivity index (χ4v) is 1.62. The molecule has 1 saturated carbocycles. The minimum Gasteiger partial charge on any atom is -0.478 e. The van der Waals surface area contributed by atoms with Crippen molar-refractivity contribution in [3.05, 3.63) is 29.3 Å². The first-order valence-electron chi connectivity index (χ1n) is 5.68. The van der Waals surface area contributed by atoms with Gasteiger partial charge >= 0.3 is 12.1 Å². The highest BCUT2D eigenvalue weighted by molar-refractivity contribution is 6.05. The Morgan fingerprint density at radius 3 is 2.35 bits per heavy atom. The molecule has 0 radical (unpaired) electrons. The van der Waals surface area contributed by atoms with Gasteiger partial charge in [0.25, 0.3) is 0 Å². The van der Waals surface area contributed by atoms with Crippen LogP contribution in [0, 0.1) is 0 Å². The third-order valence-electron chi connectivity index (χ3n) is 3.07. The van der Waals surface area contributed by atoms with Crippen molar-refractivity contribution in [2.45, 2.75) is 24.6 Å². The summed E-state index contributed by atoms with van der Waals surface area (Å²) in [4.78, 5) is 22.7. The molecule has 0 aliphatic heterocycles. The SMILES string of the molecule is NC1(C(=O)Nc2cc(C(F)(F)F)ccc2C(=O)O)CC1. The van der Waals surface area contributed by atoms with E-state index in [-0.39, 0.29) is 0 Å². The van der Waals surface area contributed by atoms with Gasteiger partial charge in [0.1, 0.15) is 0 Å². The Kier molecular flexibility index (Phi) is 3.21. The molecule has 108 valence electrons. The number of alkyl halides is 3. The second-order valence-electron chi connectivity index (χ2n) is 4.67. The van der Waals surface area contributed by atoms with Crippen molar-refractivity contribution in [1.82, 2.24) is 0 Å². The summed E-state index contributed by atoms with van der Waals surface area (Å²) in [5, 5.41) is 11.1. The molecule has 0 atom stereocenters. The quantitative estimate of drug-likeness (QED) is 0.791. The first-order valence-corrected chi connectivity index (χ1v) is 5.68. The van der Waals surface area contributed by atoms with Crippen molar-refractivity contribution >= 4 is 17.6 Å². The van der Waals surface area contributed by atoms with Gasteiger partial charge in [0, 0.05) is 0 Å². The lowest BCUT2D eigenvalue weighted by atomic mass is 10.1. The maximum absolute atomic E-state index is 12.6. The summed E-state index contributed by atoms with van der Waals surface area (Å²) >= 11 is 0. The Balaban J connectivity index is 2.37. The Hall–Kier alpha value is -2.09. The normalized spacial score (nSPS) is 16.6. The van der Waals surface area contributed by atoms with Gasteiger partial charge in [-0.3, -0.25) is 4.79 Å². The first kappa shape index (κ1) is 14.3. The number of nitrogens with two attached hydrogens (primary N) is 1. The molecule has 20 heavy (non-hydrogen) atoms. The molecule has 1 aromatic carbocycles. The molecule has 0 spiro atoms. The second-order valence-corrected chi connectivity index (χ2v) is 4.67. The minimum absolute atomic E-state index is 0.408. The Morgan fingerprint density at radius 1 is 1.30 bits per heavy atom. The summed E-state index contributed by atoms with van der Waals surface area (Å²) in [6.45, 7) is 0. The standard InChI is InChI=1S/C12H11F3N2O3/c13-12(14,15)6-1-2-7(9(18)19)8(5-6)17-10(20)11(16)3-4-11/h1-2,5H,3-4,16H2,(H,17,20)(H,18,19). The molecule has 0 unspecified atom stereocenters. The minimum atomic E-state index is -4.63. The van der Waals surface area contributed by atoms with Crippen LogP contribution in [0.5, 0.6) is 0 Å². The third kappa shape index (κ3) is 2.74. The Bertz CT molecular complexity index is 580. The van der Waals surface area contributed by atoms with E-state index in [1.165, 1.54) is 0 Å². The van der Waals surface area contributed by atoms with Gasteiger partial charge in [-0.15, -0.1) is 0 Å². The van der Waals surface area contributed by atoms with Crippen LogP contribution in [0.4, 0.5) is 18.9 Å². The highest BCUT2D eigenvalue weighted by Gasteiger charge is 2.46. The fourth-order valence-electron chi connectivity index (χ4n) is 1.62. The van der Waals surface area contributed by atoms with Crippen molar-refractivity contribution in [2.75, 3.05) is 5.32 Å². The smallest absolute Gasteiger partial charge is 0.416 e. The molecule has 1 aliphatic rings. The molecule has 1 aliphatic carbocycles. The maximum atomic E-state index is 12.6. The molecular formula is C12H11F3N2O3. The molecule has 4 N–H and O–H groups in total. The van der Waals surface area contributed by atoms with Gasteiger partial charge in [0.05, 0.1) is 22.4 Å². The molecule has 1 fully saturated rings. The van der Waals surface area contributed by atoms with E-state index in [0.29, 0.717) is 25.0 Å². The molecule has 5 nitrogen and oxygen atoms in total. The summed E-state index contributed by atoms with van der Waals surface area (Å²) < 4.78 is 37.8. The van der Waals surface area contributed by atoms with Crippen molar-refractivity contribution in [3.8, 4) is 0 Å². The second kappa shape index (κ2) is 4.48. The topological polar surface area (TPSA) is 92.4 Å². The first-order chi connectivity index (χ1) is 9.13. The van der Waals surface area contributed by atoms with Gasteiger partial charge in [0.15, 0.2) is 0 Å². The number of benzene rings is 1. The van der Waals surface area contributed by atoms with Crippen LogP contribution in [-0.2, 0) is 11.0 Å². The summed E-state index contributed by atoms with van der Waals surface area (Å²) in [6, 6.07) is 2.04. The maximum Gasteiger partial charge on any atom is 0.416 e. The fraction of sp³-hybridized carbons (Fsp3) is 0.333. The summed E-state index contributed by atoms with van der Waals surface area (Å²) in [6.07, 6.45) is -3.79. The zero-order chi connectivity index (χ0) is 15.1. The number of aromatic carboxylic acids is 1. The number of rotatable bonds is 3. The average molecular weight is 288 g/mol. The third-order valence-corrected chi connectivity index (χ3v) is 3.07. The van der Waals surface area contributed by atoms with E-state index in [0.717, 1.165) is 6.07 Å². The van der Waals surface area contributed by atoms with E-state index in [1.54, 1.807) is 0 Å². The molecule has 8 heteroatoms. The van der Waals surface area contributed by atoms with Crippen LogP contribution in [-0.4, -0.2) is 22.5 Å². The number of carboxylic acid groups (broad SMARTS) is 1. The molecule has 1 aromatic rings. The molecule has 0 bridgehead atoms. The number of amides is 1. The zero-order valence-electron chi connectivity index (χ0n) is 10.1. The van der Waals surface area contributed by atoms with E-state index in [1.807, 2.05) is 0 Å². The zero-order valence-corrected chi connectivity index (χ0v) is 10.1.